The van der Waals surface area contributed by atoms with Crippen LogP contribution in [0.3, 0.4) is 0 Å². The first-order valence-electron chi connectivity index (χ1n) is 12.8. The second-order valence-corrected chi connectivity index (χ2v) is 17.3. The number of hydrogen-bond donors (Lipinski definition) is 2. The smallest absolute Gasteiger partial charge is 0.410 e. The predicted molar refractivity (Wildman–Crippen MR) is 144 cm³/mol. The van der Waals surface area contributed by atoms with Crippen molar-refractivity contribution in [3.05, 3.63) is 18.5 Å². The SMILES string of the molecule is CC(C)(C)OC(=O)N1CCCC(CCNC(=O)Nc2cnc3c(ccn3COCC[Si](C)(C)C)n2)C1. The lowest BCUT2D eigenvalue weighted by Crippen LogP contribution is -2.43. The Labute approximate surface area is 215 Å². The molecular formula is C25H42N6O4Si. The molecule has 1 aliphatic rings. The molecule has 0 bridgehead atoms. The van der Waals surface area contributed by atoms with E-state index in [1.165, 1.54) is 0 Å². The van der Waals surface area contributed by atoms with Gasteiger partial charge in [-0.3, -0.25) is 5.32 Å². The first kappa shape index (κ1) is 27.9. The molecule has 3 rings (SSSR count). The number of anilines is 1. The quantitative estimate of drug-likeness (QED) is 0.361. The van der Waals surface area contributed by atoms with Gasteiger partial charge < -0.3 is 24.3 Å². The highest BCUT2D eigenvalue weighted by Crippen LogP contribution is 2.21. The predicted octanol–water partition coefficient (Wildman–Crippen LogP) is 4.90. The van der Waals surface area contributed by atoms with Crippen molar-refractivity contribution in [1.29, 1.82) is 0 Å². The van der Waals surface area contributed by atoms with Crippen LogP contribution in [0.4, 0.5) is 15.4 Å². The van der Waals surface area contributed by atoms with E-state index in [1.807, 2.05) is 37.6 Å². The summed E-state index contributed by atoms with van der Waals surface area (Å²) in [6.07, 6.45) is 5.95. The number of nitrogens with zero attached hydrogens (tertiary/aromatic N) is 4. The molecule has 1 fully saturated rings. The van der Waals surface area contributed by atoms with Crippen LogP contribution in [-0.2, 0) is 16.2 Å². The van der Waals surface area contributed by atoms with E-state index < -0.39 is 13.7 Å². The maximum atomic E-state index is 12.4. The lowest BCUT2D eigenvalue weighted by molar-refractivity contribution is 0.0162. The Morgan fingerprint density at radius 3 is 2.75 bits per heavy atom. The average molecular weight is 519 g/mol. The van der Waals surface area contributed by atoms with Gasteiger partial charge in [0, 0.05) is 40.5 Å². The largest absolute Gasteiger partial charge is 0.444 e. The van der Waals surface area contributed by atoms with Crippen molar-refractivity contribution in [3.8, 4) is 0 Å². The molecule has 0 aliphatic carbocycles. The molecule has 1 aliphatic heterocycles. The molecule has 0 radical (unpaired) electrons. The first-order chi connectivity index (χ1) is 16.9. The number of carbonyl (C=O) groups excluding carboxylic acids is 2. The monoisotopic (exact) mass is 518 g/mol. The lowest BCUT2D eigenvalue weighted by atomic mass is 9.95. The molecule has 0 saturated carbocycles. The second-order valence-electron chi connectivity index (χ2n) is 11.7. The van der Waals surface area contributed by atoms with Crippen LogP contribution in [0.2, 0.25) is 25.7 Å². The fourth-order valence-corrected chi connectivity index (χ4v) is 4.77. The van der Waals surface area contributed by atoms with Gasteiger partial charge in [-0.2, -0.15) is 0 Å². The van der Waals surface area contributed by atoms with E-state index in [4.69, 9.17) is 9.47 Å². The summed E-state index contributed by atoms with van der Waals surface area (Å²) < 4.78 is 13.2. The molecule has 0 aromatic carbocycles. The Balaban J connectivity index is 1.41. The van der Waals surface area contributed by atoms with Gasteiger partial charge in [-0.25, -0.2) is 19.6 Å². The Hall–Kier alpha value is -2.66. The van der Waals surface area contributed by atoms with E-state index in [1.54, 1.807) is 11.1 Å². The Morgan fingerprint density at radius 1 is 1.25 bits per heavy atom. The fraction of sp³-hybridized carbons (Fsp3) is 0.680. The van der Waals surface area contributed by atoms with Crippen LogP contribution >= 0.6 is 0 Å². The van der Waals surface area contributed by atoms with Gasteiger partial charge in [-0.15, -0.1) is 0 Å². The summed E-state index contributed by atoms with van der Waals surface area (Å²) in [5.41, 5.74) is 0.922. The van der Waals surface area contributed by atoms with E-state index in [0.717, 1.165) is 37.6 Å². The van der Waals surface area contributed by atoms with Gasteiger partial charge in [-0.05, 0) is 58.1 Å². The van der Waals surface area contributed by atoms with Gasteiger partial charge in [0.25, 0.3) is 0 Å². The van der Waals surface area contributed by atoms with Gasteiger partial charge >= 0.3 is 12.1 Å². The third-order valence-corrected chi connectivity index (χ3v) is 7.64. The maximum Gasteiger partial charge on any atom is 0.410 e. The third kappa shape index (κ3) is 9.09. The normalized spacial score (nSPS) is 16.7. The Morgan fingerprint density at radius 2 is 2.03 bits per heavy atom. The molecule has 3 amide bonds. The van der Waals surface area contributed by atoms with Crippen molar-refractivity contribution < 1.29 is 19.1 Å². The molecule has 3 heterocycles. The van der Waals surface area contributed by atoms with E-state index in [0.29, 0.717) is 43.6 Å². The van der Waals surface area contributed by atoms with Crippen LogP contribution in [0.5, 0.6) is 0 Å². The van der Waals surface area contributed by atoms with E-state index in [9.17, 15) is 9.59 Å². The number of amides is 3. The molecule has 1 atom stereocenters. The molecule has 11 heteroatoms. The number of piperidine rings is 1. The average Bonchev–Trinajstić information content (AvgIpc) is 3.17. The Bertz CT molecular complexity index is 1030. The number of ether oxygens (including phenoxy) is 2. The lowest BCUT2D eigenvalue weighted by Gasteiger charge is -2.34. The van der Waals surface area contributed by atoms with E-state index in [2.05, 4.69) is 40.2 Å². The summed E-state index contributed by atoms with van der Waals surface area (Å²) in [5, 5.41) is 5.64. The van der Waals surface area contributed by atoms with Crippen molar-refractivity contribution in [3.63, 3.8) is 0 Å². The van der Waals surface area contributed by atoms with Crippen molar-refractivity contribution in [2.45, 2.75) is 78.1 Å². The zero-order valence-corrected chi connectivity index (χ0v) is 23.6. The zero-order valence-electron chi connectivity index (χ0n) is 22.6. The fourth-order valence-electron chi connectivity index (χ4n) is 4.01. The maximum absolute atomic E-state index is 12.4. The highest BCUT2D eigenvalue weighted by Gasteiger charge is 2.27. The van der Waals surface area contributed by atoms with Crippen LogP contribution < -0.4 is 10.6 Å². The van der Waals surface area contributed by atoms with E-state index in [-0.39, 0.29) is 12.1 Å². The number of fused-ring (bicyclic) bond motifs is 1. The summed E-state index contributed by atoms with van der Waals surface area (Å²) >= 11 is 0. The Kier molecular flexibility index (Phi) is 9.34. The van der Waals surface area contributed by atoms with Crippen molar-refractivity contribution in [2.24, 2.45) is 5.92 Å². The third-order valence-electron chi connectivity index (χ3n) is 5.94. The minimum absolute atomic E-state index is 0.265. The van der Waals surface area contributed by atoms with Gasteiger partial charge in [0.1, 0.15) is 17.8 Å². The van der Waals surface area contributed by atoms with Crippen LogP contribution in [-0.4, -0.2) is 71.5 Å². The van der Waals surface area contributed by atoms with Gasteiger partial charge in [0.15, 0.2) is 11.5 Å². The summed E-state index contributed by atoms with van der Waals surface area (Å²) in [6, 6.07) is 2.66. The van der Waals surface area contributed by atoms with Gasteiger partial charge in [0.2, 0.25) is 0 Å². The number of nitrogens with one attached hydrogen (secondary N) is 2. The minimum atomic E-state index is -1.12. The van der Waals surface area contributed by atoms with Crippen LogP contribution in [0.25, 0.3) is 11.2 Å². The van der Waals surface area contributed by atoms with Crippen molar-refractivity contribution in [2.75, 3.05) is 31.6 Å². The van der Waals surface area contributed by atoms with Gasteiger partial charge in [-0.1, -0.05) is 19.6 Å². The van der Waals surface area contributed by atoms with Crippen molar-refractivity contribution in [1.82, 2.24) is 24.8 Å². The van der Waals surface area contributed by atoms with Crippen LogP contribution in [0, 0.1) is 5.92 Å². The summed E-state index contributed by atoms with van der Waals surface area (Å²) in [5.74, 6) is 0.724. The number of carbonyl (C=O) groups is 2. The number of rotatable bonds is 9. The number of urea groups is 1. The van der Waals surface area contributed by atoms with Crippen molar-refractivity contribution >= 4 is 37.2 Å². The number of likely N-dealkylation sites (tertiary alicyclic amines) is 1. The second kappa shape index (κ2) is 12.0. The molecule has 1 saturated heterocycles. The van der Waals surface area contributed by atoms with E-state index >= 15 is 0 Å². The van der Waals surface area contributed by atoms with Crippen LogP contribution in [0.1, 0.15) is 40.0 Å². The molecule has 2 aromatic rings. The molecule has 10 nitrogen and oxygen atoms in total. The minimum Gasteiger partial charge on any atom is -0.444 e. The first-order valence-corrected chi connectivity index (χ1v) is 16.5. The molecule has 2 N–H and O–H groups in total. The summed E-state index contributed by atoms with van der Waals surface area (Å²) in [4.78, 5) is 35.5. The number of hydrogen-bond acceptors (Lipinski definition) is 6. The molecule has 0 spiro atoms. The topological polar surface area (TPSA) is 111 Å². The highest BCUT2D eigenvalue weighted by molar-refractivity contribution is 6.76. The molecule has 36 heavy (non-hydrogen) atoms. The molecule has 1 unspecified atom stereocenters. The summed E-state index contributed by atoms with van der Waals surface area (Å²) in [6.45, 7) is 15.7. The van der Waals surface area contributed by atoms with Gasteiger partial charge in [0.05, 0.1) is 6.20 Å². The summed E-state index contributed by atoms with van der Waals surface area (Å²) in [7, 11) is -1.12. The zero-order chi connectivity index (χ0) is 26.3. The standard InChI is InChI=1S/C25H42N6O4Si/c1-25(2,3)35-24(33)30-12-7-8-19(17-30)9-11-26-23(32)29-21-16-27-22-20(28-21)10-13-31(22)18-34-14-15-36(4,5)6/h10,13,16,19H,7-9,11-12,14-15,17-18H2,1-6H3,(H2,26,28,29,32). The molecular weight excluding hydrogens is 476 g/mol. The highest BCUT2D eigenvalue weighted by atomic mass is 28.3. The van der Waals surface area contributed by atoms with Crippen LogP contribution in [0.15, 0.2) is 18.5 Å². The molecule has 2 aromatic heterocycles. The molecule has 200 valence electrons. The number of aromatic nitrogens is 3.